The van der Waals surface area contributed by atoms with E-state index in [2.05, 4.69) is 35.9 Å². The maximum atomic E-state index is 5.49. The fraction of sp³-hybridized carbons (Fsp3) is 0. The van der Waals surface area contributed by atoms with E-state index in [1.54, 1.807) is 24.8 Å². The highest BCUT2D eigenvalue weighted by molar-refractivity contribution is 9.10. The van der Waals surface area contributed by atoms with Gasteiger partial charge >= 0.3 is 0 Å². The number of anilines is 1. The van der Waals surface area contributed by atoms with Gasteiger partial charge in [0.1, 0.15) is 10.1 Å². The highest BCUT2D eigenvalue weighted by Crippen LogP contribution is 2.29. The molecule has 0 aliphatic rings. The molecule has 15 heavy (non-hydrogen) atoms. The van der Waals surface area contributed by atoms with Gasteiger partial charge in [0.05, 0.1) is 10.7 Å². The Hall–Kier alpha value is -1.21. The summed E-state index contributed by atoms with van der Waals surface area (Å²) in [5.74, 6) is 0.240. The predicted octanol–water partition coefficient (Wildman–Crippen LogP) is 1.76. The van der Waals surface area contributed by atoms with Crippen LogP contribution in [0, 0.1) is 0 Å². The van der Waals surface area contributed by atoms with Crippen LogP contribution in [0.2, 0.25) is 0 Å². The molecule has 0 aliphatic carbocycles. The van der Waals surface area contributed by atoms with Crippen LogP contribution < -0.4 is 5.73 Å². The Morgan fingerprint density at radius 2 is 2.07 bits per heavy atom. The lowest BCUT2D eigenvalue weighted by Crippen LogP contribution is -1.96. The van der Waals surface area contributed by atoms with E-state index < -0.39 is 0 Å². The lowest BCUT2D eigenvalue weighted by atomic mass is 10.7. The van der Waals surface area contributed by atoms with Crippen LogP contribution >= 0.6 is 27.7 Å². The molecule has 0 bridgehead atoms. The average molecular weight is 284 g/mol. The molecule has 0 fully saturated rings. The molecule has 0 spiro atoms. The summed E-state index contributed by atoms with van der Waals surface area (Å²) in [6, 6.07) is 0. The summed E-state index contributed by atoms with van der Waals surface area (Å²) in [7, 11) is 0. The predicted molar refractivity (Wildman–Crippen MR) is 60.3 cm³/mol. The number of nitrogens with two attached hydrogens (primary N) is 1. The van der Waals surface area contributed by atoms with Gasteiger partial charge < -0.3 is 5.73 Å². The first-order chi connectivity index (χ1) is 7.25. The van der Waals surface area contributed by atoms with Crippen LogP contribution in [0.4, 0.5) is 5.95 Å². The Morgan fingerprint density at radius 3 is 2.80 bits per heavy atom. The van der Waals surface area contributed by atoms with Gasteiger partial charge in [0.25, 0.3) is 0 Å². The van der Waals surface area contributed by atoms with Crippen LogP contribution in [0.15, 0.2) is 39.3 Å². The fourth-order valence-corrected chi connectivity index (χ4v) is 2.02. The molecule has 2 rings (SSSR count). The highest BCUT2D eigenvalue weighted by atomic mass is 79.9. The normalized spacial score (nSPS) is 10.2. The van der Waals surface area contributed by atoms with E-state index in [0.717, 1.165) is 14.5 Å². The second-order valence-corrected chi connectivity index (χ2v) is 4.39. The Bertz CT molecular complexity index is 464. The molecule has 0 atom stereocenters. The summed E-state index contributed by atoms with van der Waals surface area (Å²) in [6.07, 6.45) is 6.52. The first-order valence-electron chi connectivity index (χ1n) is 3.97. The molecule has 5 nitrogen and oxygen atoms in total. The Kier molecular flexibility index (Phi) is 3.12. The fourth-order valence-electron chi connectivity index (χ4n) is 0.873. The summed E-state index contributed by atoms with van der Waals surface area (Å²) in [6.45, 7) is 0. The topological polar surface area (TPSA) is 77.6 Å². The molecule has 0 amide bonds. The molecule has 76 valence electrons. The summed E-state index contributed by atoms with van der Waals surface area (Å²) < 4.78 is 0.785. The number of nitrogens with zero attached hydrogens (tertiary/aromatic N) is 4. The zero-order valence-electron chi connectivity index (χ0n) is 7.46. The van der Waals surface area contributed by atoms with Crippen LogP contribution in [0.25, 0.3) is 0 Å². The first-order valence-corrected chi connectivity index (χ1v) is 5.58. The van der Waals surface area contributed by atoms with E-state index in [-0.39, 0.29) is 5.95 Å². The molecular weight excluding hydrogens is 278 g/mol. The van der Waals surface area contributed by atoms with E-state index >= 15 is 0 Å². The summed E-state index contributed by atoms with van der Waals surface area (Å²) in [5, 5.41) is 1.49. The second-order valence-electron chi connectivity index (χ2n) is 2.53. The van der Waals surface area contributed by atoms with Crippen molar-refractivity contribution in [1.29, 1.82) is 0 Å². The molecule has 2 heterocycles. The third-order valence-corrected chi connectivity index (χ3v) is 3.24. The average Bonchev–Trinajstić information content (AvgIpc) is 2.25. The molecule has 2 aromatic heterocycles. The number of rotatable bonds is 2. The van der Waals surface area contributed by atoms with Crippen molar-refractivity contribution in [2.24, 2.45) is 0 Å². The van der Waals surface area contributed by atoms with Gasteiger partial charge in [-0.25, -0.2) is 15.0 Å². The minimum absolute atomic E-state index is 0.240. The molecule has 7 heteroatoms. The molecule has 0 aromatic carbocycles. The van der Waals surface area contributed by atoms with Crippen molar-refractivity contribution in [3.05, 3.63) is 29.3 Å². The monoisotopic (exact) mass is 283 g/mol. The molecule has 0 aliphatic heterocycles. The molecule has 0 saturated carbocycles. The van der Waals surface area contributed by atoms with Crippen molar-refractivity contribution in [2.45, 2.75) is 10.1 Å². The number of halogens is 1. The minimum Gasteiger partial charge on any atom is -0.368 e. The van der Waals surface area contributed by atoms with Gasteiger partial charge in [0.2, 0.25) is 5.95 Å². The number of hydrogen-bond donors (Lipinski definition) is 1. The zero-order chi connectivity index (χ0) is 10.7. The first kappa shape index (κ1) is 10.3. The Morgan fingerprint density at radius 1 is 1.20 bits per heavy atom. The van der Waals surface area contributed by atoms with Crippen LogP contribution in [-0.2, 0) is 0 Å². The molecule has 0 saturated heterocycles. The van der Waals surface area contributed by atoms with Crippen LogP contribution in [-0.4, -0.2) is 19.9 Å². The minimum atomic E-state index is 0.240. The van der Waals surface area contributed by atoms with Crippen LogP contribution in [0.5, 0.6) is 0 Å². The van der Waals surface area contributed by atoms with Gasteiger partial charge in [-0.15, -0.1) is 0 Å². The summed E-state index contributed by atoms with van der Waals surface area (Å²) in [5.41, 5.74) is 5.49. The van der Waals surface area contributed by atoms with Crippen LogP contribution in [0.3, 0.4) is 0 Å². The van der Waals surface area contributed by atoms with E-state index in [9.17, 15) is 0 Å². The van der Waals surface area contributed by atoms with Gasteiger partial charge in [0.15, 0.2) is 0 Å². The number of nitrogen functional groups attached to an aromatic ring is 1. The smallest absolute Gasteiger partial charge is 0.221 e. The quantitative estimate of drug-likeness (QED) is 0.847. The standard InChI is InChI=1S/C8H6BrN5S/c9-5-3-13-8(10)14-7(5)15-6-4-11-1-2-12-6/h1-4H,(H2,10,13,14). The van der Waals surface area contributed by atoms with Gasteiger partial charge in [-0.05, 0) is 27.7 Å². The van der Waals surface area contributed by atoms with Crippen molar-refractivity contribution in [2.75, 3.05) is 5.73 Å². The van der Waals surface area contributed by atoms with Crippen molar-refractivity contribution in [3.8, 4) is 0 Å². The maximum Gasteiger partial charge on any atom is 0.221 e. The third kappa shape index (κ3) is 2.63. The van der Waals surface area contributed by atoms with Crippen molar-refractivity contribution in [1.82, 2.24) is 19.9 Å². The van der Waals surface area contributed by atoms with E-state index in [0.29, 0.717) is 0 Å². The molecular formula is C8H6BrN5S. The van der Waals surface area contributed by atoms with E-state index in [1.165, 1.54) is 11.8 Å². The van der Waals surface area contributed by atoms with Crippen LogP contribution in [0.1, 0.15) is 0 Å². The Labute approximate surface area is 98.7 Å². The lowest BCUT2D eigenvalue weighted by Gasteiger charge is -2.01. The Balaban J connectivity index is 2.28. The van der Waals surface area contributed by atoms with E-state index in [1.807, 2.05) is 0 Å². The van der Waals surface area contributed by atoms with Gasteiger partial charge in [0, 0.05) is 18.6 Å². The number of hydrogen-bond acceptors (Lipinski definition) is 6. The lowest BCUT2D eigenvalue weighted by molar-refractivity contribution is 1.02. The molecule has 2 N–H and O–H groups in total. The van der Waals surface area contributed by atoms with Crippen molar-refractivity contribution < 1.29 is 0 Å². The van der Waals surface area contributed by atoms with Gasteiger partial charge in [-0.2, -0.15) is 0 Å². The van der Waals surface area contributed by atoms with Gasteiger partial charge in [-0.3, -0.25) is 4.98 Å². The molecule has 0 radical (unpaired) electrons. The highest BCUT2D eigenvalue weighted by Gasteiger charge is 2.06. The van der Waals surface area contributed by atoms with E-state index in [4.69, 9.17) is 5.73 Å². The molecule has 0 unspecified atom stereocenters. The molecule has 2 aromatic rings. The largest absolute Gasteiger partial charge is 0.368 e. The van der Waals surface area contributed by atoms with Crippen molar-refractivity contribution in [3.63, 3.8) is 0 Å². The van der Waals surface area contributed by atoms with Gasteiger partial charge in [-0.1, -0.05) is 0 Å². The second kappa shape index (κ2) is 4.54. The SMILES string of the molecule is Nc1ncc(Br)c(Sc2cnccn2)n1. The summed E-state index contributed by atoms with van der Waals surface area (Å²) in [4.78, 5) is 16.0. The third-order valence-electron chi connectivity index (χ3n) is 1.47. The summed E-state index contributed by atoms with van der Waals surface area (Å²) >= 11 is 4.72. The zero-order valence-corrected chi connectivity index (χ0v) is 9.86. The number of aromatic nitrogens is 4. The maximum absolute atomic E-state index is 5.49. The van der Waals surface area contributed by atoms with Crippen molar-refractivity contribution >= 4 is 33.6 Å².